The second kappa shape index (κ2) is 5.19. The highest BCUT2D eigenvalue weighted by molar-refractivity contribution is 7.07. The molecule has 0 aliphatic heterocycles. The Hall–Kier alpha value is -2.21. The van der Waals surface area contributed by atoms with Gasteiger partial charge in [0.15, 0.2) is 5.82 Å². The van der Waals surface area contributed by atoms with Gasteiger partial charge in [-0.15, -0.1) is 5.10 Å². The fourth-order valence-corrected chi connectivity index (χ4v) is 2.51. The predicted molar refractivity (Wildman–Crippen MR) is 75.9 cm³/mol. The molecule has 2 heterocycles. The van der Waals surface area contributed by atoms with E-state index in [-0.39, 0.29) is 0 Å². The molecule has 0 spiro atoms. The quantitative estimate of drug-likeness (QED) is 0.792. The summed E-state index contributed by atoms with van der Waals surface area (Å²) in [4.78, 5) is 0. The standard InChI is InChI=1S/C13H13N5S/c1-18-13(15-16-17-18)11-3-2-4-12(7-11)14-8-10-5-6-19-9-10/h2-7,9,14H,8H2,1H3. The van der Waals surface area contributed by atoms with Crippen molar-refractivity contribution in [3.63, 3.8) is 0 Å². The van der Waals surface area contributed by atoms with Gasteiger partial charge in [0.1, 0.15) is 0 Å². The fraction of sp³-hybridized carbons (Fsp3) is 0.154. The van der Waals surface area contributed by atoms with Gasteiger partial charge in [0.05, 0.1) is 0 Å². The fourth-order valence-electron chi connectivity index (χ4n) is 1.84. The van der Waals surface area contributed by atoms with Crippen molar-refractivity contribution in [3.8, 4) is 11.4 Å². The van der Waals surface area contributed by atoms with Crippen LogP contribution < -0.4 is 5.32 Å². The van der Waals surface area contributed by atoms with E-state index in [1.807, 2.05) is 25.2 Å². The molecule has 5 nitrogen and oxygen atoms in total. The summed E-state index contributed by atoms with van der Waals surface area (Å²) in [6.45, 7) is 0.823. The highest BCUT2D eigenvalue weighted by Crippen LogP contribution is 2.20. The molecular formula is C13H13N5S. The van der Waals surface area contributed by atoms with Gasteiger partial charge in [-0.3, -0.25) is 0 Å². The van der Waals surface area contributed by atoms with E-state index in [2.05, 4.69) is 43.7 Å². The summed E-state index contributed by atoms with van der Waals surface area (Å²) in [7, 11) is 1.83. The number of tetrazole rings is 1. The van der Waals surface area contributed by atoms with Gasteiger partial charge in [-0.25, -0.2) is 4.68 Å². The van der Waals surface area contributed by atoms with E-state index in [9.17, 15) is 0 Å². The molecule has 0 saturated carbocycles. The van der Waals surface area contributed by atoms with Crippen molar-refractivity contribution in [2.45, 2.75) is 6.54 Å². The van der Waals surface area contributed by atoms with E-state index < -0.39 is 0 Å². The first-order chi connectivity index (χ1) is 9.33. The Labute approximate surface area is 114 Å². The smallest absolute Gasteiger partial charge is 0.181 e. The van der Waals surface area contributed by atoms with E-state index in [0.717, 1.165) is 23.6 Å². The number of aromatic nitrogens is 4. The average Bonchev–Trinajstić information content (AvgIpc) is 3.08. The number of rotatable bonds is 4. The van der Waals surface area contributed by atoms with Crippen LogP contribution in [0.2, 0.25) is 0 Å². The molecule has 1 N–H and O–H groups in total. The lowest BCUT2D eigenvalue weighted by Crippen LogP contribution is -1.99. The lowest BCUT2D eigenvalue weighted by molar-refractivity contribution is 0.714. The summed E-state index contributed by atoms with van der Waals surface area (Å²) >= 11 is 1.71. The van der Waals surface area contributed by atoms with Gasteiger partial charge in [0.25, 0.3) is 0 Å². The van der Waals surface area contributed by atoms with Crippen LogP contribution in [0, 0.1) is 0 Å². The summed E-state index contributed by atoms with van der Waals surface area (Å²) in [6.07, 6.45) is 0. The molecule has 0 unspecified atom stereocenters. The molecule has 0 aliphatic carbocycles. The number of anilines is 1. The molecule has 0 fully saturated rings. The first-order valence-corrected chi connectivity index (χ1v) is 6.85. The lowest BCUT2D eigenvalue weighted by Gasteiger charge is -2.06. The van der Waals surface area contributed by atoms with Gasteiger partial charge >= 0.3 is 0 Å². The van der Waals surface area contributed by atoms with Crippen molar-refractivity contribution >= 4 is 17.0 Å². The van der Waals surface area contributed by atoms with Crippen LogP contribution in [0.3, 0.4) is 0 Å². The van der Waals surface area contributed by atoms with Crippen molar-refractivity contribution in [2.75, 3.05) is 5.32 Å². The second-order valence-corrected chi connectivity index (χ2v) is 4.97. The third kappa shape index (κ3) is 2.63. The first-order valence-electron chi connectivity index (χ1n) is 5.90. The van der Waals surface area contributed by atoms with Gasteiger partial charge in [-0.2, -0.15) is 11.3 Å². The third-order valence-corrected chi connectivity index (χ3v) is 3.55. The molecule has 3 rings (SSSR count). The van der Waals surface area contributed by atoms with Crippen LogP contribution in [0.4, 0.5) is 5.69 Å². The van der Waals surface area contributed by atoms with Crippen LogP contribution in [-0.4, -0.2) is 20.2 Å². The van der Waals surface area contributed by atoms with E-state index in [0.29, 0.717) is 0 Å². The van der Waals surface area contributed by atoms with Crippen LogP contribution in [0.25, 0.3) is 11.4 Å². The Balaban J connectivity index is 1.78. The monoisotopic (exact) mass is 271 g/mol. The lowest BCUT2D eigenvalue weighted by atomic mass is 10.2. The molecule has 0 aliphatic rings. The molecule has 19 heavy (non-hydrogen) atoms. The zero-order valence-electron chi connectivity index (χ0n) is 10.4. The number of hydrogen-bond donors (Lipinski definition) is 1. The highest BCUT2D eigenvalue weighted by atomic mass is 32.1. The van der Waals surface area contributed by atoms with E-state index in [1.54, 1.807) is 16.0 Å². The van der Waals surface area contributed by atoms with Gasteiger partial charge < -0.3 is 5.32 Å². The minimum atomic E-state index is 0.763. The minimum Gasteiger partial charge on any atom is -0.381 e. The van der Waals surface area contributed by atoms with Gasteiger partial charge in [0.2, 0.25) is 0 Å². The van der Waals surface area contributed by atoms with Crippen molar-refractivity contribution in [1.29, 1.82) is 0 Å². The average molecular weight is 271 g/mol. The number of hydrogen-bond acceptors (Lipinski definition) is 5. The van der Waals surface area contributed by atoms with E-state index in [1.165, 1.54) is 5.56 Å². The number of nitrogens with zero attached hydrogens (tertiary/aromatic N) is 4. The van der Waals surface area contributed by atoms with Crippen molar-refractivity contribution in [1.82, 2.24) is 20.2 Å². The maximum atomic E-state index is 4.01. The van der Waals surface area contributed by atoms with E-state index in [4.69, 9.17) is 0 Å². The summed E-state index contributed by atoms with van der Waals surface area (Å²) in [6, 6.07) is 10.2. The molecule has 0 saturated heterocycles. The van der Waals surface area contributed by atoms with Gasteiger partial charge in [-0.05, 0) is 44.9 Å². The topological polar surface area (TPSA) is 55.6 Å². The Morgan fingerprint density at radius 3 is 3.00 bits per heavy atom. The second-order valence-electron chi connectivity index (χ2n) is 4.19. The molecule has 0 radical (unpaired) electrons. The zero-order valence-corrected chi connectivity index (χ0v) is 11.3. The molecule has 0 bridgehead atoms. The van der Waals surface area contributed by atoms with Gasteiger partial charge in [-0.1, -0.05) is 12.1 Å². The SMILES string of the molecule is Cn1nnnc1-c1cccc(NCc2ccsc2)c1. The zero-order chi connectivity index (χ0) is 13.1. The largest absolute Gasteiger partial charge is 0.381 e. The third-order valence-electron chi connectivity index (χ3n) is 2.82. The Morgan fingerprint density at radius 1 is 1.32 bits per heavy atom. The van der Waals surface area contributed by atoms with Crippen LogP contribution in [-0.2, 0) is 13.6 Å². The Morgan fingerprint density at radius 2 is 2.26 bits per heavy atom. The number of benzene rings is 1. The number of thiophene rings is 1. The summed E-state index contributed by atoms with van der Waals surface area (Å²) in [5.74, 6) is 0.763. The van der Waals surface area contributed by atoms with Crippen LogP contribution >= 0.6 is 11.3 Å². The summed E-state index contributed by atoms with van der Waals surface area (Å²) in [5.41, 5.74) is 3.35. The summed E-state index contributed by atoms with van der Waals surface area (Å²) < 4.78 is 1.66. The molecule has 2 aromatic heterocycles. The first kappa shape index (κ1) is 11.9. The van der Waals surface area contributed by atoms with Crippen molar-refractivity contribution < 1.29 is 0 Å². The molecule has 0 atom stereocenters. The Kier molecular flexibility index (Phi) is 3.24. The highest BCUT2D eigenvalue weighted by Gasteiger charge is 2.06. The number of aryl methyl sites for hydroxylation is 1. The predicted octanol–water partition coefficient (Wildman–Crippen LogP) is 2.55. The maximum absolute atomic E-state index is 4.01. The minimum absolute atomic E-state index is 0.763. The molecule has 96 valence electrons. The summed E-state index contributed by atoms with van der Waals surface area (Å²) in [5, 5.41) is 19.1. The molecule has 6 heteroatoms. The molecule has 3 aromatic rings. The molecule has 1 aromatic carbocycles. The van der Waals surface area contributed by atoms with Crippen molar-refractivity contribution in [2.24, 2.45) is 7.05 Å². The van der Waals surface area contributed by atoms with E-state index >= 15 is 0 Å². The van der Waals surface area contributed by atoms with Crippen LogP contribution in [0.15, 0.2) is 41.1 Å². The Bertz CT molecular complexity index is 659. The van der Waals surface area contributed by atoms with Crippen LogP contribution in [0.1, 0.15) is 5.56 Å². The molecule has 0 amide bonds. The molecular weight excluding hydrogens is 258 g/mol. The van der Waals surface area contributed by atoms with Gasteiger partial charge in [0, 0.05) is 24.8 Å². The normalized spacial score (nSPS) is 10.6. The van der Waals surface area contributed by atoms with Crippen LogP contribution in [0.5, 0.6) is 0 Å². The maximum Gasteiger partial charge on any atom is 0.181 e. The van der Waals surface area contributed by atoms with Crippen molar-refractivity contribution in [3.05, 3.63) is 46.7 Å². The number of nitrogens with one attached hydrogen (secondary N) is 1.